The van der Waals surface area contributed by atoms with Crippen molar-refractivity contribution in [2.24, 2.45) is 7.05 Å². The van der Waals surface area contributed by atoms with Gasteiger partial charge in [-0.15, -0.1) is 10.2 Å². The quantitative estimate of drug-likeness (QED) is 0.927. The highest BCUT2D eigenvalue weighted by Gasteiger charge is 2.12. The number of hydrogen-bond acceptors (Lipinski definition) is 3. The Morgan fingerprint density at radius 3 is 2.69 bits per heavy atom. The zero-order valence-corrected chi connectivity index (χ0v) is 11.2. The Bertz CT molecular complexity index is 524. The van der Waals surface area contributed by atoms with E-state index in [4.69, 9.17) is 11.6 Å². The highest BCUT2D eigenvalue weighted by molar-refractivity contribution is 9.10. The van der Waals surface area contributed by atoms with Gasteiger partial charge in [0.1, 0.15) is 0 Å². The molecule has 1 aromatic heterocycles. The first-order valence-corrected chi connectivity index (χ1v) is 5.83. The maximum atomic E-state index is 5.89. The Labute approximate surface area is 107 Å². The summed E-state index contributed by atoms with van der Waals surface area (Å²) in [6, 6.07) is 5.58. The molecular weight excluding hydrogens is 291 g/mol. The Morgan fingerprint density at radius 1 is 1.38 bits per heavy atom. The van der Waals surface area contributed by atoms with E-state index in [-0.39, 0.29) is 0 Å². The molecule has 16 heavy (non-hydrogen) atoms. The van der Waals surface area contributed by atoms with E-state index in [9.17, 15) is 0 Å². The van der Waals surface area contributed by atoms with Crippen molar-refractivity contribution in [3.05, 3.63) is 27.7 Å². The molecule has 0 aliphatic heterocycles. The minimum absolute atomic E-state index is 0.687. The van der Waals surface area contributed by atoms with Crippen LogP contribution in [0.25, 0.3) is 11.4 Å². The summed E-state index contributed by atoms with van der Waals surface area (Å²) >= 11 is 9.35. The molecular formula is C10H10BrClN4. The molecule has 0 aliphatic carbocycles. The van der Waals surface area contributed by atoms with Gasteiger partial charge in [0.25, 0.3) is 0 Å². The minimum atomic E-state index is 0.687. The van der Waals surface area contributed by atoms with Crippen molar-refractivity contribution in [3.8, 4) is 11.4 Å². The van der Waals surface area contributed by atoms with Gasteiger partial charge in [0.2, 0.25) is 5.95 Å². The van der Waals surface area contributed by atoms with Crippen LogP contribution in [0.3, 0.4) is 0 Å². The summed E-state index contributed by atoms with van der Waals surface area (Å²) in [7, 11) is 3.72. The molecule has 84 valence electrons. The van der Waals surface area contributed by atoms with Gasteiger partial charge in [-0.05, 0) is 34.1 Å². The van der Waals surface area contributed by atoms with Crippen molar-refractivity contribution in [2.45, 2.75) is 0 Å². The molecule has 0 atom stereocenters. The monoisotopic (exact) mass is 300 g/mol. The zero-order valence-electron chi connectivity index (χ0n) is 8.83. The van der Waals surface area contributed by atoms with Crippen molar-refractivity contribution in [3.63, 3.8) is 0 Å². The molecule has 2 rings (SSSR count). The summed E-state index contributed by atoms with van der Waals surface area (Å²) in [5.74, 6) is 1.50. The van der Waals surface area contributed by atoms with E-state index in [2.05, 4.69) is 31.4 Å². The van der Waals surface area contributed by atoms with Gasteiger partial charge in [0.15, 0.2) is 5.82 Å². The van der Waals surface area contributed by atoms with Gasteiger partial charge in [0.05, 0.1) is 0 Å². The van der Waals surface area contributed by atoms with E-state index in [1.165, 1.54) is 0 Å². The number of rotatable bonds is 2. The summed E-state index contributed by atoms with van der Waals surface area (Å²) in [6.45, 7) is 0. The van der Waals surface area contributed by atoms with Crippen molar-refractivity contribution in [2.75, 3.05) is 12.4 Å². The second kappa shape index (κ2) is 4.43. The summed E-state index contributed by atoms with van der Waals surface area (Å²) < 4.78 is 2.78. The molecule has 0 aliphatic rings. The molecule has 0 saturated carbocycles. The number of nitrogens with zero attached hydrogens (tertiary/aromatic N) is 3. The molecule has 1 heterocycles. The summed E-state index contributed by atoms with van der Waals surface area (Å²) in [5.41, 5.74) is 0.959. The Kier molecular flexibility index (Phi) is 3.16. The predicted octanol–water partition coefficient (Wildman–Crippen LogP) is 2.94. The molecule has 0 unspecified atom stereocenters. The Balaban J connectivity index is 2.54. The highest BCUT2D eigenvalue weighted by atomic mass is 79.9. The first-order valence-electron chi connectivity index (χ1n) is 4.66. The summed E-state index contributed by atoms with van der Waals surface area (Å²) in [6.07, 6.45) is 0. The van der Waals surface area contributed by atoms with Crippen molar-refractivity contribution in [1.29, 1.82) is 0 Å². The smallest absolute Gasteiger partial charge is 0.224 e. The van der Waals surface area contributed by atoms with Crippen LogP contribution in [0.15, 0.2) is 22.7 Å². The third-order valence-corrected chi connectivity index (χ3v) is 3.16. The molecule has 1 N–H and O–H groups in total. The maximum absolute atomic E-state index is 5.89. The van der Waals surface area contributed by atoms with Crippen LogP contribution in [0.4, 0.5) is 5.95 Å². The number of benzene rings is 1. The van der Waals surface area contributed by atoms with Crippen LogP contribution in [0.5, 0.6) is 0 Å². The van der Waals surface area contributed by atoms with E-state index in [0.29, 0.717) is 5.02 Å². The molecule has 2 aromatic rings. The van der Waals surface area contributed by atoms with Crippen LogP contribution in [-0.4, -0.2) is 21.8 Å². The van der Waals surface area contributed by atoms with Gasteiger partial charge in [-0.25, -0.2) is 0 Å². The Morgan fingerprint density at radius 2 is 2.12 bits per heavy atom. The van der Waals surface area contributed by atoms with Gasteiger partial charge in [-0.2, -0.15) is 0 Å². The zero-order chi connectivity index (χ0) is 11.7. The van der Waals surface area contributed by atoms with Gasteiger partial charge >= 0.3 is 0 Å². The molecule has 4 nitrogen and oxygen atoms in total. The number of aromatic nitrogens is 3. The molecule has 6 heteroatoms. The summed E-state index contributed by atoms with van der Waals surface area (Å²) in [5, 5.41) is 11.8. The van der Waals surface area contributed by atoms with Gasteiger partial charge in [0, 0.05) is 29.2 Å². The molecule has 0 saturated heterocycles. The van der Waals surface area contributed by atoms with Gasteiger partial charge < -0.3 is 5.32 Å². The topological polar surface area (TPSA) is 42.7 Å². The standard InChI is InChI=1S/C10H10BrClN4/c1-13-10-15-14-9(16(10)2)7-4-3-6(12)5-8(7)11/h3-5H,1-2H3,(H,13,15). The number of anilines is 1. The SMILES string of the molecule is CNc1nnc(-c2ccc(Cl)cc2Br)n1C. The molecule has 0 spiro atoms. The number of halogens is 2. The first kappa shape index (κ1) is 11.4. The van der Waals surface area contributed by atoms with E-state index in [1.54, 1.807) is 0 Å². The molecule has 0 bridgehead atoms. The fraction of sp³-hybridized carbons (Fsp3) is 0.200. The van der Waals surface area contributed by atoms with Crippen LogP contribution in [0.2, 0.25) is 5.02 Å². The van der Waals surface area contributed by atoms with E-state index in [1.807, 2.05) is 36.9 Å². The summed E-state index contributed by atoms with van der Waals surface area (Å²) in [4.78, 5) is 0. The second-order valence-corrected chi connectivity index (χ2v) is 4.57. The fourth-order valence-electron chi connectivity index (χ4n) is 1.45. The highest BCUT2D eigenvalue weighted by Crippen LogP contribution is 2.29. The fourth-order valence-corrected chi connectivity index (χ4v) is 2.31. The maximum Gasteiger partial charge on any atom is 0.224 e. The van der Waals surface area contributed by atoms with E-state index >= 15 is 0 Å². The largest absolute Gasteiger partial charge is 0.357 e. The average molecular weight is 302 g/mol. The molecule has 0 amide bonds. The number of hydrogen-bond donors (Lipinski definition) is 1. The van der Waals surface area contributed by atoms with E-state index in [0.717, 1.165) is 21.8 Å². The lowest BCUT2D eigenvalue weighted by atomic mass is 10.2. The third kappa shape index (κ3) is 1.92. The van der Waals surface area contributed by atoms with Gasteiger partial charge in [-0.3, -0.25) is 4.57 Å². The minimum Gasteiger partial charge on any atom is -0.357 e. The van der Waals surface area contributed by atoms with Crippen LogP contribution in [0, 0.1) is 0 Å². The van der Waals surface area contributed by atoms with Crippen molar-refractivity contribution >= 4 is 33.5 Å². The van der Waals surface area contributed by atoms with Gasteiger partial charge in [-0.1, -0.05) is 11.6 Å². The number of nitrogens with one attached hydrogen (secondary N) is 1. The van der Waals surface area contributed by atoms with E-state index < -0.39 is 0 Å². The lowest BCUT2D eigenvalue weighted by Crippen LogP contribution is -1.99. The normalized spacial score (nSPS) is 10.5. The molecule has 1 aromatic carbocycles. The van der Waals surface area contributed by atoms with Crippen LogP contribution in [-0.2, 0) is 7.05 Å². The predicted molar refractivity (Wildman–Crippen MR) is 68.7 cm³/mol. The lowest BCUT2D eigenvalue weighted by Gasteiger charge is -2.05. The van der Waals surface area contributed by atoms with Crippen molar-refractivity contribution < 1.29 is 0 Å². The molecule has 0 fully saturated rings. The van der Waals surface area contributed by atoms with Crippen LogP contribution >= 0.6 is 27.5 Å². The Hall–Kier alpha value is -1.07. The third-order valence-electron chi connectivity index (χ3n) is 2.27. The first-order chi connectivity index (χ1) is 7.63. The van der Waals surface area contributed by atoms with Crippen LogP contribution in [0.1, 0.15) is 0 Å². The second-order valence-electron chi connectivity index (χ2n) is 3.28. The van der Waals surface area contributed by atoms with Crippen LogP contribution < -0.4 is 5.32 Å². The lowest BCUT2D eigenvalue weighted by molar-refractivity contribution is 0.924. The average Bonchev–Trinajstić information content (AvgIpc) is 2.60. The molecule has 0 radical (unpaired) electrons. The van der Waals surface area contributed by atoms with Crippen molar-refractivity contribution in [1.82, 2.24) is 14.8 Å².